The number of aryl methyl sites for hydroxylation is 1. The van der Waals surface area contributed by atoms with E-state index in [-0.39, 0.29) is 6.10 Å². The summed E-state index contributed by atoms with van der Waals surface area (Å²) >= 11 is 0. The summed E-state index contributed by atoms with van der Waals surface area (Å²) in [6.45, 7) is 8.25. The van der Waals surface area contributed by atoms with Crippen molar-refractivity contribution < 1.29 is 19.3 Å². The molecule has 3 aromatic heterocycles. The Hall–Kier alpha value is -3.29. The van der Waals surface area contributed by atoms with E-state index < -0.39 is 12.3 Å². The van der Waals surface area contributed by atoms with Gasteiger partial charge < -0.3 is 30.4 Å². The molecule has 5 rings (SSSR count). The molecule has 3 atom stereocenters. The van der Waals surface area contributed by atoms with Gasteiger partial charge in [0.1, 0.15) is 12.3 Å². The largest absolute Gasteiger partial charge is 0.473 e. The van der Waals surface area contributed by atoms with Crippen molar-refractivity contribution in [3.05, 3.63) is 41.0 Å². The molecule has 41 heavy (non-hydrogen) atoms. The molecule has 0 amide bonds. The fraction of sp³-hybridized carbons (Fsp3) is 0.552. The van der Waals surface area contributed by atoms with Crippen LogP contribution < -0.4 is 15.8 Å². The summed E-state index contributed by atoms with van der Waals surface area (Å²) < 4.78 is 19.8. The normalized spacial score (nSPS) is 22.6. The predicted molar refractivity (Wildman–Crippen MR) is 157 cm³/mol. The zero-order valence-electron chi connectivity index (χ0n) is 24.6. The molecule has 2 bridgehead atoms. The highest BCUT2D eigenvalue weighted by molar-refractivity contribution is 5.89. The van der Waals surface area contributed by atoms with Crippen LogP contribution >= 0.6 is 0 Å². The van der Waals surface area contributed by atoms with Crippen LogP contribution in [0.2, 0.25) is 0 Å². The second kappa shape index (κ2) is 12.7. The Kier molecular flexibility index (Phi) is 9.05. The highest BCUT2D eigenvalue weighted by Gasteiger charge is 2.32. The van der Waals surface area contributed by atoms with Gasteiger partial charge in [0.2, 0.25) is 5.88 Å². The van der Waals surface area contributed by atoms with Crippen LogP contribution in [0.5, 0.6) is 5.88 Å². The van der Waals surface area contributed by atoms with Gasteiger partial charge in [0, 0.05) is 74.9 Å². The summed E-state index contributed by atoms with van der Waals surface area (Å²) in [5.74, 6) is 0.666. The number of hydrogen-bond acceptors (Lipinski definition) is 10. The average molecular weight is 567 g/mol. The molecule has 5 N–H and O–H groups in total. The summed E-state index contributed by atoms with van der Waals surface area (Å²) in [5, 5.41) is 26.7. The van der Waals surface area contributed by atoms with Gasteiger partial charge in [0.05, 0.1) is 29.7 Å². The van der Waals surface area contributed by atoms with Crippen LogP contribution in [0.3, 0.4) is 0 Å². The van der Waals surface area contributed by atoms with Gasteiger partial charge in [-0.2, -0.15) is 10.2 Å². The number of ether oxygens (including phenoxy) is 3. The van der Waals surface area contributed by atoms with Gasteiger partial charge >= 0.3 is 0 Å². The number of pyridine rings is 1. The molecule has 3 aromatic rings. The van der Waals surface area contributed by atoms with Crippen molar-refractivity contribution >= 4 is 17.1 Å². The predicted octanol–water partition coefficient (Wildman–Crippen LogP) is 2.31. The third-order valence-corrected chi connectivity index (χ3v) is 7.35. The molecule has 0 spiro atoms. The van der Waals surface area contributed by atoms with E-state index in [9.17, 15) is 5.11 Å². The molecule has 4 heterocycles. The number of nitrogens with one attached hydrogen (secondary N) is 2. The van der Waals surface area contributed by atoms with Crippen molar-refractivity contribution in [1.82, 2.24) is 35.2 Å². The first-order valence-electron chi connectivity index (χ1n) is 14.3. The summed E-state index contributed by atoms with van der Waals surface area (Å²) in [7, 11) is 3.55. The minimum atomic E-state index is -0.659. The number of H-pyrrole nitrogens is 1. The van der Waals surface area contributed by atoms with E-state index in [1.165, 1.54) is 0 Å². The molecule has 1 aliphatic heterocycles. The lowest BCUT2D eigenvalue weighted by atomic mass is 10.1. The van der Waals surface area contributed by atoms with Crippen molar-refractivity contribution in [2.45, 2.75) is 64.7 Å². The van der Waals surface area contributed by atoms with Gasteiger partial charge in [-0.05, 0) is 45.8 Å². The number of nitrogens with two attached hydrogens (primary N) is 1. The van der Waals surface area contributed by atoms with E-state index in [1.54, 1.807) is 24.9 Å². The Morgan fingerprint density at radius 1 is 1.32 bits per heavy atom. The first-order chi connectivity index (χ1) is 19.8. The standard InChI is InChI=1S/C29H42N8O4/c1-6-40-27(30)21-9-10-23-22-11-19(13-32-28(22)34-33-23)26-25(16-39-5)35-36(4)29(26)41-18(3)14-37(20-7-8-20)15-24(21)31-12-17(2)38/h9-11,13,17-18,20,27,31,38H,6-8,12,14-16,30H2,1-5H3,(H,32,33,34)/b10-9+,24-21-. The van der Waals surface area contributed by atoms with Crippen LogP contribution in [0, 0.1) is 0 Å². The van der Waals surface area contributed by atoms with Crippen LogP contribution in [0.4, 0.5) is 0 Å². The zero-order valence-corrected chi connectivity index (χ0v) is 24.6. The lowest BCUT2D eigenvalue weighted by Gasteiger charge is -2.30. The number of methoxy groups -OCH3 is 1. The molecule has 3 unspecified atom stereocenters. The Labute approximate surface area is 240 Å². The van der Waals surface area contributed by atoms with Gasteiger partial charge in [-0.3, -0.25) is 10.00 Å². The lowest BCUT2D eigenvalue weighted by Crippen LogP contribution is -2.41. The van der Waals surface area contributed by atoms with E-state index in [0.717, 1.165) is 52.0 Å². The van der Waals surface area contributed by atoms with Gasteiger partial charge in [0.15, 0.2) is 5.65 Å². The summed E-state index contributed by atoms with van der Waals surface area (Å²) in [6.07, 6.45) is 6.63. The fourth-order valence-electron chi connectivity index (χ4n) is 5.28. The molecule has 2 aliphatic rings. The van der Waals surface area contributed by atoms with E-state index >= 15 is 0 Å². The van der Waals surface area contributed by atoms with Crippen molar-refractivity contribution in [3.8, 4) is 17.0 Å². The number of aromatic nitrogens is 5. The van der Waals surface area contributed by atoms with E-state index in [4.69, 9.17) is 25.0 Å². The highest BCUT2D eigenvalue weighted by atomic mass is 16.5. The first-order valence-corrected chi connectivity index (χ1v) is 14.3. The second-order valence-corrected chi connectivity index (χ2v) is 10.9. The van der Waals surface area contributed by atoms with Crippen LogP contribution in [0.15, 0.2) is 29.6 Å². The smallest absolute Gasteiger partial charge is 0.220 e. The minimum Gasteiger partial charge on any atom is -0.473 e. The fourth-order valence-corrected chi connectivity index (χ4v) is 5.28. The number of aliphatic hydroxyl groups is 1. The minimum absolute atomic E-state index is 0.149. The molecule has 0 saturated heterocycles. The number of aliphatic hydroxyl groups excluding tert-OH is 1. The van der Waals surface area contributed by atoms with E-state index in [2.05, 4.69) is 32.3 Å². The summed E-state index contributed by atoms with van der Waals surface area (Å²) in [6, 6.07) is 2.49. The SMILES string of the molecule is CCOC(N)C1=C(\NCC(C)O)CN(C2CC2)CC(C)Oc2c(c(COC)nn2C)-c2cnc3n[nH]c(c3c2)\C=C\1. The Morgan fingerprint density at radius 2 is 2.12 bits per heavy atom. The number of hydrogen-bond donors (Lipinski definition) is 4. The molecule has 1 fully saturated rings. The summed E-state index contributed by atoms with van der Waals surface area (Å²) in [4.78, 5) is 7.06. The molecular formula is C29H42N8O4. The van der Waals surface area contributed by atoms with Crippen molar-refractivity contribution in [3.63, 3.8) is 0 Å². The van der Waals surface area contributed by atoms with Gasteiger partial charge in [-0.1, -0.05) is 6.08 Å². The maximum absolute atomic E-state index is 10.1. The number of fused-ring (bicyclic) bond motifs is 3. The topological polar surface area (TPSA) is 149 Å². The maximum Gasteiger partial charge on any atom is 0.220 e. The second-order valence-electron chi connectivity index (χ2n) is 10.9. The van der Waals surface area contributed by atoms with Crippen molar-refractivity contribution in [2.75, 3.05) is 33.4 Å². The number of nitrogens with zero attached hydrogens (tertiary/aromatic N) is 5. The number of rotatable bonds is 9. The quantitative estimate of drug-likeness (QED) is 0.284. The third-order valence-electron chi connectivity index (χ3n) is 7.35. The van der Waals surface area contributed by atoms with Crippen molar-refractivity contribution in [1.29, 1.82) is 0 Å². The Morgan fingerprint density at radius 3 is 2.83 bits per heavy atom. The number of aromatic amines is 1. The van der Waals surface area contributed by atoms with E-state index in [1.807, 2.05) is 32.2 Å². The third kappa shape index (κ3) is 6.62. The molecule has 12 nitrogen and oxygen atoms in total. The Bertz CT molecular complexity index is 1410. The van der Waals surface area contributed by atoms with Gasteiger partial charge in [-0.25, -0.2) is 9.67 Å². The van der Waals surface area contributed by atoms with Gasteiger partial charge in [-0.15, -0.1) is 0 Å². The highest BCUT2D eigenvalue weighted by Crippen LogP contribution is 2.36. The molecule has 1 aliphatic carbocycles. The van der Waals surface area contributed by atoms with Crippen LogP contribution in [-0.2, 0) is 23.1 Å². The summed E-state index contributed by atoms with van der Waals surface area (Å²) in [5.41, 5.74) is 12.2. The van der Waals surface area contributed by atoms with E-state index in [0.29, 0.717) is 50.4 Å². The lowest BCUT2D eigenvalue weighted by molar-refractivity contribution is 0.0928. The Balaban J connectivity index is 1.68. The molecule has 12 heteroatoms. The molecule has 0 aromatic carbocycles. The monoisotopic (exact) mass is 566 g/mol. The zero-order chi connectivity index (χ0) is 29.1. The molecule has 1 saturated carbocycles. The average Bonchev–Trinajstić information content (AvgIpc) is 3.64. The van der Waals surface area contributed by atoms with Crippen LogP contribution in [0.1, 0.15) is 45.0 Å². The first kappa shape index (κ1) is 29.2. The molecule has 222 valence electrons. The maximum atomic E-state index is 10.1. The van der Waals surface area contributed by atoms with Crippen molar-refractivity contribution in [2.24, 2.45) is 12.8 Å². The van der Waals surface area contributed by atoms with Crippen LogP contribution in [0.25, 0.3) is 28.2 Å². The molecule has 0 radical (unpaired) electrons. The van der Waals surface area contributed by atoms with Gasteiger partial charge in [0.25, 0.3) is 0 Å². The molecular weight excluding hydrogens is 524 g/mol. The van der Waals surface area contributed by atoms with Crippen LogP contribution in [-0.4, -0.2) is 92.8 Å².